The Labute approximate surface area is 134 Å². The van der Waals surface area contributed by atoms with Gasteiger partial charge in [0.1, 0.15) is 11.6 Å². The number of hydrogen-bond donors (Lipinski definition) is 1. The summed E-state index contributed by atoms with van der Waals surface area (Å²) in [7, 11) is 0. The maximum absolute atomic E-state index is 13.5. The van der Waals surface area contributed by atoms with E-state index in [0.717, 1.165) is 20.3 Å². The van der Waals surface area contributed by atoms with Crippen LogP contribution in [-0.4, -0.2) is 6.61 Å². The van der Waals surface area contributed by atoms with Crippen LogP contribution in [0, 0.1) is 5.82 Å². The summed E-state index contributed by atoms with van der Waals surface area (Å²) < 4.78 is 20.8. The number of rotatable bonds is 5. The van der Waals surface area contributed by atoms with Crippen LogP contribution in [0.15, 0.2) is 45.3 Å². The molecule has 0 saturated carbocycles. The molecule has 0 heterocycles. The summed E-state index contributed by atoms with van der Waals surface area (Å²) in [6.45, 7) is 3.07. The second-order valence-corrected chi connectivity index (χ2v) is 5.86. The van der Waals surface area contributed by atoms with Crippen LogP contribution in [0.25, 0.3) is 0 Å². The van der Waals surface area contributed by atoms with Crippen LogP contribution in [0.4, 0.5) is 10.1 Å². The molecule has 0 aliphatic heterocycles. The smallest absolute Gasteiger partial charge is 0.147 e. The molecule has 0 aliphatic rings. The molecular formula is C15H14Br2FNO. The quantitative estimate of drug-likeness (QED) is 0.726. The summed E-state index contributed by atoms with van der Waals surface area (Å²) in [5.41, 5.74) is 1.52. The minimum atomic E-state index is -0.253. The van der Waals surface area contributed by atoms with Gasteiger partial charge in [-0.25, -0.2) is 4.39 Å². The summed E-state index contributed by atoms with van der Waals surface area (Å²) in [6.07, 6.45) is 0. The zero-order chi connectivity index (χ0) is 14.5. The molecule has 0 aliphatic carbocycles. The van der Waals surface area contributed by atoms with E-state index < -0.39 is 0 Å². The highest BCUT2D eigenvalue weighted by atomic mass is 79.9. The van der Waals surface area contributed by atoms with Gasteiger partial charge in [0.15, 0.2) is 0 Å². The molecular weight excluding hydrogens is 389 g/mol. The predicted octanol–water partition coefficient (Wildman–Crippen LogP) is 5.36. The largest absolute Gasteiger partial charge is 0.492 e. The Morgan fingerprint density at radius 2 is 1.80 bits per heavy atom. The summed E-state index contributed by atoms with van der Waals surface area (Å²) in [6, 6.07) is 10.5. The summed E-state index contributed by atoms with van der Waals surface area (Å²) in [4.78, 5) is 0. The van der Waals surface area contributed by atoms with Gasteiger partial charge in [0, 0.05) is 6.54 Å². The van der Waals surface area contributed by atoms with Crippen molar-refractivity contribution >= 4 is 37.5 Å². The lowest BCUT2D eigenvalue weighted by Gasteiger charge is -2.12. The van der Waals surface area contributed by atoms with Crippen molar-refractivity contribution in [3.05, 3.63) is 56.7 Å². The Hall–Kier alpha value is -1.07. The number of ether oxygens (including phenoxy) is 1. The van der Waals surface area contributed by atoms with Gasteiger partial charge in [-0.05, 0) is 68.6 Å². The molecule has 1 N–H and O–H groups in total. The number of para-hydroxylation sites is 1. The maximum atomic E-state index is 13.5. The van der Waals surface area contributed by atoms with Gasteiger partial charge in [-0.3, -0.25) is 0 Å². The third-order valence-electron chi connectivity index (χ3n) is 2.70. The number of halogens is 3. The van der Waals surface area contributed by atoms with Crippen molar-refractivity contribution in [2.75, 3.05) is 11.9 Å². The van der Waals surface area contributed by atoms with E-state index in [4.69, 9.17) is 4.74 Å². The second kappa shape index (κ2) is 7.09. The van der Waals surface area contributed by atoms with Gasteiger partial charge < -0.3 is 10.1 Å². The van der Waals surface area contributed by atoms with Crippen LogP contribution in [-0.2, 0) is 6.54 Å². The number of nitrogens with one attached hydrogen (secondary N) is 1. The lowest BCUT2D eigenvalue weighted by molar-refractivity contribution is 0.336. The predicted molar refractivity (Wildman–Crippen MR) is 86.7 cm³/mol. The fourth-order valence-electron chi connectivity index (χ4n) is 1.80. The molecule has 2 aromatic carbocycles. The summed E-state index contributed by atoms with van der Waals surface area (Å²) >= 11 is 6.97. The molecule has 2 rings (SSSR count). The Morgan fingerprint density at radius 3 is 2.40 bits per heavy atom. The summed E-state index contributed by atoms with van der Waals surface area (Å²) in [5.74, 6) is 0.527. The number of hydrogen-bond acceptors (Lipinski definition) is 2. The van der Waals surface area contributed by atoms with Gasteiger partial charge in [0.2, 0.25) is 0 Å². The van der Waals surface area contributed by atoms with E-state index in [-0.39, 0.29) is 5.82 Å². The van der Waals surface area contributed by atoms with E-state index in [9.17, 15) is 4.39 Å². The lowest BCUT2D eigenvalue weighted by Crippen LogP contribution is -2.02. The number of anilines is 1. The monoisotopic (exact) mass is 401 g/mol. The maximum Gasteiger partial charge on any atom is 0.147 e. The first kappa shape index (κ1) is 15.3. The fraction of sp³-hybridized carbons (Fsp3) is 0.200. The Balaban J connectivity index is 2.13. The van der Waals surface area contributed by atoms with Crippen LogP contribution >= 0.6 is 31.9 Å². The van der Waals surface area contributed by atoms with Crippen LogP contribution in [0.1, 0.15) is 12.5 Å². The van der Waals surface area contributed by atoms with E-state index >= 15 is 0 Å². The molecule has 0 spiro atoms. The Bertz CT molecular complexity index is 581. The first-order valence-corrected chi connectivity index (χ1v) is 7.79. The van der Waals surface area contributed by atoms with Gasteiger partial charge in [-0.15, -0.1) is 0 Å². The van der Waals surface area contributed by atoms with Gasteiger partial charge in [0.25, 0.3) is 0 Å². The van der Waals surface area contributed by atoms with E-state index in [2.05, 4.69) is 37.2 Å². The lowest BCUT2D eigenvalue weighted by atomic mass is 10.2. The molecule has 0 aromatic heterocycles. The molecule has 0 amide bonds. The Morgan fingerprint density at radius 1 is 1.15 bits per heavy atom. The Kier molecular flexibility index (Phi) is 5.43. The molecule has 20 heavy (non-hydrogen) atoms. The van der Waals surface area contributed by atoms with Crippen molar-refractivity contribution in [3.8, 4) is 5.75 Å². The molecule has 0 fully saturated rings. The van der Waals surface area contributed by atoms with Crippen molar-refractivity contribution in [2.24, 2.45) is 0 Å². The van der Waals surface area contributed by atoms with Gasteiger partial charge in [-0.2, -0.15) is 0 Å². The molecule has 0 atom stereocenters. The molecule has 0 unspecified atom stereocenters. The molecule has 0 saturated heterocycles. The van der Waals surface area contributed by atoms with Gasteiger partial charge in [-0.1, -0.05) is 12.1 Å². The van der Waals surface area contributed by atoms with Crippen LogP contribution < -0.4 is 10.1 Å². The second-order valence-electron chi connectivity index (χ2n) is 4.16. The van der Waals surface area contributed by atoms with E-state index in [1.165, 1.54) is 6.07 Å². The van der Waals surface area contributed by atoms with Crippen molar-refractivity contribution in [2.45, 2.75) is 13.5 Å². The van der Waals surface area contributed by atoms with E-state index in [1.807, 2.05) is 19.1 Å². The third-order valence-corrected chi connectivity index (χ3v) is 3.88. The average molecular weight is 403 g/mol. The van der Waals surface area contributed by atoms with Crippen LogP contribution in [0.2, 0.25) is 0 Å². The normalized spacial score (nSPS) is 10.4. The van der Waals surface area contributed by atoms with Crippen molar-refractivity contribution < 1.29 is 9.13 Å². The summed E-state index contributed by atoms with van der Waals surface area (Å²) in [5, 5.41) is 3.08. The zero-order valence-corrected chi connectivity index (χ0v) is 14.1. The topological polar surface area (TPSA) is 21.3 Å². The third kappa shape index (κ3) is 3.73. The molecule has 2 aromatic rings. The fourth-order valence-corrected chi connectivity index (χ4v) is 3.31. The standard InChI is InChI=1S/C15H14Br2FNO/c1-2-20-15-11(16)7-10(8-12(15)17)9-19-14-6-4-3-5-13(14)18/h3-8,19H,2,9H2,1H3. The highest BCUT2D eigenvalue weighted by Crippen LogP contribution is 2.35. The number of benzene rings is 2. The highest BCUT2D eigenvalue weighted by Gasteiger charge is 2.09. The SMILES string of the molecule is CCOc1c(Br)cc(CNc2ccccc2F)cc1Br. The van der Waals surface area contributed by atoms with Gasteiger partial charge >= 0.3 is 0 Å². The molecule has 0 bridgehead atoms. The van der Waals surface area contributed by atoms with E-state index in [1.54, 1.807) is 18.2 Å². The first-order chi connectivity index (χ1) is 9.61. The van der Waals surface area contributed by atoms with Crippen molar-refractivity contribution in [1.82, 2.24) is 0 Å². The molecule has 2 nitrogen and oxygen atoms in total. The zero-order valence-electron chi connectivity index (χ0n) is 10.9. The van der Waals surface area contributed by atoms with Crippen LogP contribution in [0.3, 0.4) is 0 Å². The molecule has 0 radical (unpaired) electrons. The van der Waals surface area contributed by atoms with Crippen molar-refractivity contribution in [3.63, 3.8) is 0 Å². The molecule has 5 heteroatoms. The van der Waals surface area contributed by atoms with Gasteiger partial charge in [0.05, 0.1) is 21.2 Å². The van der Waals surface area contributed by atoms with E-state index in [0.29, 0.717) is 18.8 Å². The molecule has 106 valence electrons. The van der Waals surface area contributed by atoms with Crippen molar-refractivity contribution in [1.29, 1.82) is 0 Å². The minimum Gasteiger partial charge on any atom is -0.492 e. The van der Waals surface area contributed by atoms with Crippen LogP contribution in [0.5, 0.6) is 5.75 Å². The first-order valence-electron chi connectivity index (χ1n) is 6.21. The minimum absolute atomic E-state index is 0.253. The highest BCUT2D eigenvalue weighted by molar-refractivity contribution is 9.11. The average Bonchev–Trinajstić information content (AvgIpc) is 2.42.